The fourth-order valence-corrected chi connectivity index (χ4v) is 4.09. The number of aliphatic hydroxyl groups excluding tert-OH is 1. The SMILES string of the molecule is O=C(NCc1ccccc1)Nc1ccc(S(=O)(=O)Cc2ccc(CO)cc2)cc1. The Hall–Kier alpha value is -3.16. The molecular weight excluding hydrogens is 388 g/mol. The molecular formula is C22H22N2O4S. The summed E-state index contributed by atoms with van der Waals surface area (Å²) in [6, 6.07) is 22.0. The summed E-state index contributed by atoms with van der Waals surface area (Å²) in [5.41, 5.74) is 2.86. The predicted octanol–water partition coefficient (Wildman–Crippen LogP) is 3.47. The number of benzene rings is 3. The maximum atomic E-state index is 12.6. The number of hydrogen-bond donors (Lipinski definition) is 3. The Balaban J connectivity index is 1.58. The number of carbonyl (C=O) groups excluding carboxylic acids is 1. The lowest BCUT2D eigenvalue weighted by Crippen LogP contribution is -2.28. The lowest BCUT2D eigenvalue weighted by atomic mass is 10.2. The zero-order valence-electron chi connectivity index (χ0n) is 15.7. The van der Waals surface area contributed by atoms with Crippen LogP contribution in [0.3, 0.4) is 0 Å². The molecule has 0 spiro atoms. The van der Waals surface area contributed by atoms with Crippen LogP contribution in [-0.2, 0) is 28.7 Å². The molecule has 0 unspecified atom stereocenters. The number of aliphatic hydroxyl groups is 1. The van der Waals surface area contributed by atoms with Crippen LogP contribution in [0.15, 0.2) is 83.8 Å². The van der Waals surface area contributed by atoms with Crippen molar-refractivity contribution >= 4 is 21.6 Å². The highest BCUT2D eigenvalue weighted by atomic mass is 32.2. The van der Waals surface area contributed by atoms with Crippen molar-refractivity contribution < 1.29 is 18.3 Å². The minimum Gasteiger partial charge on any atom is -0.392 e. The Labute approximate surface area is 170 Å². The maximum absolute atomic E-state index is 12.6. The molecule has 7 heteroatoms. The number of nitrogens with one attached hydrogen (secondary N) is 2. The molecule has 3 aromatic carbocycles. The number of sulfone groups is 1. The van der Waals surface area contributed by atoms with Gasteiger partial charge >= 0.3 is 6.03 Å². The number of urea groups is 1. The van der Waals surface area contributed by atoms with Gasteiger partial charge in [0.1, 0.15) is 0 Å². The van der Waals surface area contributed by atoms with Crippen molar-refractivity contribution in [3.63, 3.8) is 0 Å². The Bertz CT molecular complexity index is 1050. The number of carbonyl (C=O) groups is 1. The van der Waals surface area contributed by atoms with Gasteiger partial charge in [-0.25, -0.2) is 13.2 Å². The van der Waals surface area contributed by atoms with Gasteiger partial charge in [0.15, 0.2) is 9.84 Å². The lowest BCUT2D eigenvalue weighted by Gasteiger charge is -2.09. The summed E-state index contributed by atoms with van der Waals surface area (Å²) in [4.78, 5) is 12.2. The maximum Gasteiger partial charge on any atom is 0.319 e. The standard InChI is InChI=1S/C22H22N2O4S/c25-15-18-6-8-19(9-7-18)16-29(27,28)21-12-10-20(11-13-21)24-22(26)23-14-17-4-2-1-3-5-17/h1-13,25H,14-16H2,(H2,23,24,26). The van der Waals surface area contributed by atoms with Crippen molar-refractivity contribution in [3.05, 3.63) is 95.6 Å². The van der Waals surface area contributed by atoms with Gasteiger partial charge in [0.25, 0.3) is 0 Å². The quantitative estimate of drug-likeness (QED) is 0.556. The van der Waals surface area contributed by atoms with E-state index in [2.05, 4.69) is 10.6 Å². The molecule has 3 aromatic rings. The first-order valence-electron chi connectivity index (χ1n) is 9.06. The average molecular weight is 410 g/mol. The van der Waals surface area contributed by atoms with Gasteiger partial charge in [0.2, 0.25) is 0 Å². The molecule has 0 fully saturated rings. The van der Waals surface area contributed by atoms with Gasteiger partial charge in [0.05, 0.1) is 17.3 Å². The Kier molecular flexibility index (Phi) is 6.64. The van der Waals surface area contributed by atoms with Crippen molar-refractivity contribution in [1.82, 2.24) is 5.32 Å². The van der Waals surface area contributed by atoms with Gasteiger partial charge in [-0.15, -0.1) is 0 Å². The van der Waals surface area contributed by atoms with E-state index in [0.29, 0.717) is 17.8 Å². The number of rotatable bonds is 7. The Morgan fingerprint density at radius 1 is 0.793 bits per heavy atom. The largest absolute Gasteiger partial charge is 0.392 e. The van der Waals surface area contributed by atoms with E-state index >= 15 is 0 Å². The van der Waals surface area contributed by atoms with Gasteiger partial charge in [-0.3, -0.25) is 0 Å². The van der Waals surface area contributed by atoms with Gasteiger partial charge in [-0.2, -0.15) is 0 Å². The predicted molar refractivity (Wildman–Crippen MR) is 112 cm³/mol. The average Bonchev–Trinajstić information content (AvgIpc) is 2.74. The van der Waals surface area contributed by atoms with Crippen LogP contribution in [-0.4, -0.2) is 19.6 Å². The summed E-state index contributed by atoms with van der Waals surface area (Å²) in [7, 11) is -3.52. The molecule has 0 atom stereocenters. The van der Waals surface area contributed by atoms with Crippen molar-refractivity contribution in [1.29, 1.82) is 0 Å². The molecule has 0 heterocycles. The van der Waals surface area contributed by atoms with E-state index in [4.69, 9.17) is 5.11 Å². The fourth-order valence-electron chi connectivity index (χ4n) is 2.74. The van der Waals surface area contributed by atoms with Crippen molar-refractivity contribution in [3.8, 4) is 0 Å². The van der Waals surface area contributed by atoms with Gasteiger partial charge in [-0.1, -0.05) is 54.6 Å². The fraction of sp³-hybridized carbons (Fsp3) is 0.136. The van der Waals surface area contributed by atoms with E-state index in [9.17, 15) is 13.2 Å². The molecule has 0 bridgehead atoms. The zero-order valence-corrected chi connectivity index (χ0v) is 16.5. The molecule has 150 valence electrons. The van der Waals surface area contributed by atoms with Crippen LogP contribution in [0.4, 0.5) is 10.5 Å². The molecule has 0 saturated carbocycles. The normalized spacial score (nSPS) is 11.1. The molecule has 0 saturated heterocycles. The third kappa shape index (κ3) is 5.91. The highest BCUT2D eigenvalue weighted by Crippen LogP contribution is 2.19. The third-order valence-corrected chi connectivity index (χ3v) is 6.03. The molecule has 0 radical (unpaired) electrons. The van der Waals surface area contributed by atoms with E-state index in [1.807, 2.05) is 30.3 Å². The van der Waals surface area contributed by atoms with E-state index in [-0.39, 0.29) is 23.3 Å². The molecule has 0 aliphatic rings. The molecule has 3 rings (SSSR count). The lowest BCUT2D eigenvalue weighted by molar-refractivity contribution is 0.251. The number of hydrogen-bond acceptors (Lipinski definition) is 4. The summed E-state index contributed by atoms with van der Waals surface area (Å²) in [5, 5.41) is 14.5. The van der Waals surface area contributed by atoms with E-state index < -0.39 is 9.84 Å². The molecule has 6 nitrogen and oxygen atoms in total. The molecule has 29 heavy (non-hydrogen) atoms. The van der Waals surface area contributed by atoms with Crippen LogP contribution in [0.2, 0.25) is 0 Å². The van der Waals surface area contributed by atoms with Crippen LogP contribution in [0.1, 0.15) is 16.7 Å². The second-order valence-corrected chi connectivity index (χ2v) is 8.54. The van der Waals surface area contributed by atoms with Crippen LogP contribution in [0, 0.1) is 0 Å². The van der Waals surface area contributed by atoms with Crippen LogP contribution >= 0.6 is 0 Å². The minimum atomic E-state index is -3.52. The first-order valence-corrected chi connectivity index (χ1v) is 10.7. The summed E-state index contributed by atoms with van der Waals surface area (Å²) >= 11 is 0. The monoisotopic (exact) mass is 410 g/mol. The second kappa shape index (κ2) is 9.36. The molecule has 3 N–H and O–H groups in total. The first-order chi connectivity index (χ1) is 14.0. The summed E-state index contributed by atoms with van der Waals surface area (Å²) < 4.78 is 25.2. The molecule has 0 aliphatic carbocycles. The van der Waals surface area contributed by atoms with E-state index in [0.717, 1.165) is 11.1 Å². The summed E-state index contributed by atoms with van der Waals surface area (Å²) in [6.07, 6.45) is 0. The topological polar surface area (TPSA) is 95.5 Å². The molecule has 0 aliphatic heterocycles. The van der Waals surface area contributed by atoms with Gasteiger partial charge in [-0.05, 0) is 41.0 Å². The Morgan fingerprint density at radius 3 is 2.03 bits per heavy atom. The van der Waals surface area contributed by atoms with E-state index in [1.165, 1.54) is 12.1 Å². The number of anilines is 1. The van der Waals surface area contributed by atoms with Gasteiger partial charge in [0, 0.05) is 12.2 Å². The number of amides is 2. The Morgan fingerprint density at radius 2 is 1.41 bits per heavy atom. The smallest absolute Gasteiger partial charge is 0.319 e. The highest BCUT2D eigenvalue weighted by molar-refractivity contribution is 7.90. The van der Waals surface area contributed by atoms with Crippen molar-refractivity contribution in [2.24, 2.45) is 0 Å². The van der Waals surface area contributed by atoms with Gasteiger partial charge < -0.3 is 15.7 Å². The van der Waals surface area contributed by atoms with Crippen LogP contribution in [0.25, 0.3) is 0 Å². The second-order valence-electron chi connectivity index (χ2n) is 6.55. The van der Waals surface area contributed by atoms with Crippen molar-refractivity contribution in [2.45, 2.75) is 23.8 Å². The first kappa shape index (κ1) is 20.6. The highest BCUT2D eigenvalue weighted by Gasteiger charge is 2.15. The summed E-state index contributed by atoms with van der Waals surface area (Å²) in [5.74, 6) is -0.136. The van der Waals surface area contributed by atoms with Crippen LogP contribution in [0.5, 0.6) is 0 Å². The minimum absolute atomic E-state index is 0.0829. The van der Waals surface area contributed by atoms with Crippen molar-refractivity contribution in [2.75, 3.05) is 5.32 Å². The molecule has 2 amide bonds. The molecule has 0 aromatic heterocycles. The van der Waals surface area contributed by atoms with Crippen LogP contribution < -0.4 is 10.6 Å². The van der Waals surface area contributed by atoms with E-state index in [1.54, 1.807) is 36.4 Å². The third-order valence-electron chi connectivity index (χ3n) is 4.33. The summed E-state index contributed by atoms with van der Waals surface area (Å²) in [6.45, 7) is 0.314. The zero-order chi connectivity index (χ0) is 20.7.